The summed E-state index contributed by atoms with van der Waals surface area (Å²) in [6, 6.07) is 10.3. The van der Waals surface area contributed by atoms with E-state index in [4.69, 9.17) is 8.94 Å². The Labute approximate surface area is 184 Å². The van der Waals surface area contributed by atoms with Crippen LogP contribution in [0.2, 0.25) is 0 Å². The van der Waals surface area contributed by atoms with Gasteiger partial charge in [0.05, 0.1) is 16.8 Å². The van der Waals surface area contributed by atoms with E-state index in [2.05, 4.69) is 20.2 Å². The largest absolute Gasteiger partial charge is 0.445 e. The first-order valence-corrected chi connectivity index (χ1v) is 11.1. The number of hydrogen-bond acceptors (Lipinski definition) is 7. The standard InChI is InChI=1S/C22H20N4O5S/c1-13-5-4-6-18(20(13)32(28,29)26-21-14(2)15(3)25-31-21)17-8-7-16(11-19(17)24-12-27)22-23-9-10-30-22/h4-12,26H,1-3H3,(H,24,27). The fraction of sp³-hybridized carbons (Fsp3) is 0.136. The summed E-state index contributed by atoms with van der Waals surface area (Å²) in [5.74, 6) is 0.433. The van der Waals surface area contributed by atoms with Crippen molar-refractivity contribution in [3.05, 3.63) is 65.7 Å². The lowest BCUT2D eigenvalue weighted by molar-refractivity contribution is -0.105. The van der Waals surface area contributed by atoms with Gasteiger partial charge in [-0.05, 0) is 38.5 Å². The number of rotatable bonds is 7. The zero-order chi connectivity index (χ0) is 22.9. The van der Waals surface area contributed by atoms with Crippen molar-refractivity contribution in [2.24, 2.45) is 0 Å². The van der Waals surface area contributed by atoms with Gasteiger partial charge in [-0.15, -0.1) is 0 Å². The van der Waals surface area contributed by atoms with Crippen LogP contribution < -0.4 is 10.0 Å². The van der Waals surface area contributed by atoms with Crippen molar-refractivity contribution >= 4 is 28.0 Å². The second-order valence-corrected chi connectivity index (χ2v) is 8.76. The van der Waals surface area contributed by atoms with E-state index in [1.165, 1.54) is 12.5 Å². The molecule has 2 heterocycles. The number of sulfonamides is 1. The lowest BCUT2D eigenvalue weighted by Crippen LogP contribution is -2.16. The molecule has 0 atom stereocenters. The molecule has 4 rings (SSSR count). The second kappa shape index (κ2) is 8.31. The number of carbonyl (C=O) groups is 1. The molecule has 0 spiro atoms. The molecular weight excluding hydrogens is 432 g/mol. The Hall–Kier alpha value is -3.92. The molecule has 0 unspecified atom stereocenters. The van der Waals surface area contributed by atoms with E-state index in [9.17, 15) is 13.2 Å². The van der Waals surface area contributed by atoms with E-state index in [1.54, 1.807) is 57.2 Å². The van der Waals surface area contributed by atoms with Crippen LogP contribution in [0.1, 0.15) is 16.8 Å². The van der Waals surface area contributed by atoms with Gasteiger partial charge in [0.2, 0.25) is 18.2 Å². The van der Waals surface area contributed by atoms with Crippen LogP contribution >= 0.6 is 0 Å². The number of benzene rings is 2. The minimum atomic E-state index is -4.05. The van der Waals surface area contributed by atoms with Gasteiger partial charge in [0.1, 0.15) is 6.26 Å². The van der Waals surface area contributed by atoms with E-state index in [1.807, 2.05) is 0 Å². The SMILES string of the molecule is Cc1cccc(-c2ccc(-c3ncco3)cc2NC=O)c1S(=O)(=O)Nc1onc(C)c1C. The van der Waals surface area contributed by atoms with Crippen molar-refractivity contribution in [2.45, 2.75) is 25.7 Å². The Bertz CT molecular complexity index is 1390. The van der Waals surface area contributed by atoms with Gasteiger partial charge in [-0.2, -0.15) is 0 Å². The number of amides is 1. The summed E-state index contributed by atoms with van der Waals surface area (Å²) in [4.78, 5) is 15.5. The fourth-order valence-electron chi connectivity index (χ4n) is 3.37. The van der Waals surface area contributed by atoms with Crippen LogP contribution in [-0.4, -0.2) is 25.0 Å². The summed E-state index contributed by atoms with van der Waals surface area (Å²) in [6.07, 6.45) is 3.49. The smallest absolute Gasteiger partial charge is 0.265 e. The van der Waals surface area contributed by atoms with E-state index < -0.39 is 10.0 Å². The molecule has 9 nitrogen and oxygen atoms in total. The zero-order valence-corrected chi connectivity index (χ0v) is 18.4. The minimum Gasteiger partial charge on any atom is -0.445 e. The predicted molar refractivity (Wildman–Crippen MR) is 119 cm³/mol. The van der Waals surface area contributed by atoms with Gasteiger partial charge in [-0.1, -0.05) is 29.4 Å². The third-order valence-corrected chi connectivity index (χ3v) is 6.60. The summed E-state index contributed by atoms with van der Waals surface area (Å²) in [7, 11) is -4.05. The molecule has 10 heteroatoms. The number of carbonyl (C=O) groups excluding carboxylic acids is 1. The van der Waals surface area contributed by atoms with Crippen molar-refractivity contribution in [2.75, 3.05) is 10.0 Å². The van der Waals surface area contributed by atoms with Crippen molar-refractivity contribution in [3.63, 3.8) is 0 Å². The molecular formula is C22H20N4O5S. The van der Waals surface area contributed by atoms with Gasteiger partial charge in [0.25, 0.3) is 10.0 Å². The molecule has 0 radical (unpaired) electrons. The fourth-order valence-corrected chi connectivity index (χ4v) is 4.86. The highest BCUT2D eigenvalue weighted by Gasteiger charge is 2.26. The number of hydrogen-bond donors (Lipinski definition) is 2. The second-order valence-electron chi connectivity index (χ2n) is 7.14. The first kappa shape index (κ1) is 21.3. The summed E-state index contributed by atoms with van der Waals surface area (Å²) >= 11 is 0. The number of anilines is 2. The Morgan fingerprint density at radius 3 is 2.53 bits per heavy atom. The van der Waals surface area contributed by atoms with Crippen molar-refractivity contribution < 1.29 is 22.2 Å². The number of aromatic nitrogens is 2. The van der Waals surface area contributed by atoms with Crippen LogP contribution in [0, 0.1) is 20.8 Å². The summed E-state index contributed by atoms with van der Waals surface area (Å²) < 4.78 is 39.7. The first-order chi connectivity index (χ1) is 15.3. The van der Waals surface area contributed by atoms with Crippen LogP contribution in [0.4, 0.5) is 11.6 Å². The quantitative estimate of drug-likeness (QED) is 0.400. The van der Waals surface area contributed by atoms with Crippen LogP contribution in [0.5, 0.6) is 0 Å². The van der Waals surface area contributed by atoms with Gasteiger partial charge in [-0.3, -0.25) is 4.79 Å². The zero-order valence-electron chi connectivity index (χ0n) is 17.5. The number of nitrogens with one attached hydrogen (secondary N) is 2. The number of oxazole rings is 1. The van der Waals surface area contributed by atoms with Crippen molar-refractivity contribution in [3.8, 4) is 22.6 Å². The van der Waals surface area contributed by atoms with Gasteiger partial charge in [-0.25, -0.2) is 18.1 Å². The maximum absolute atomic E-state index is 13.4. The molecule has 0 fully saturated rings. The number of nitrogens with zero attached hydrogens (tertiary/aromatic N) is 2. The van der Waals surface area contributed by atoms with Crippen LogP contribution in [0.15, 0.2) is 62.7 Å². The molecule has 164 valence electrons. The van der Waals surface area contributed by atoms with Crippen LogP contribution in [-0.2, 0) is 14.8 Å². The predicted octanol–water partition coefficient (Wildman–Crippen LogP) is 4.29. The Morgan fingerprint density at radius 2 is 1.88 bits per heavy atom. The van der Waals surface area contributed by atoms with Gasteiger partial charge in [0, 0.05) is 27.9 Å². The summed E-state index contributed by atoms with van der Waals surface area (Å²) in [6.45, 7) is 5.14. The van der Waals surface area contributed by atoms with Crippen molar-refractivity contribution in [1.29, 1.82) is 0 Å². The summed E-state index contributed by atoms with van der Waals surface area (Å²) in [5.41, 5.74) is 3.68. The van der Waals surface area contributed by atoms with Gasteiger partial charge >= 0.3 is 0 Å². The highest BCUT2D eigenvalue weighted by atomic mass is 32.2. The monoisotopic (exact) mass is 452 g/mol. The Morgan fingerprint density at radius 1 is 1.06 bits per heavy atom. The van der Waals surface area contributed by atoms with E-state index in [0.717, 1.165) is 0 Å². The van der Waals surface area contributed by atoms with Crippen LogP contribution in [0.25, 0.3) is 22.6 Å². The molecule has 0 saturated heterocycles. The lowest BCUT2D eigenvalue weighted by atomic mass is 9.99. The maximum atomic E-state index is 13.4. The normalized spacial score (nSPS) is 11.3. The van der Waals surface area contributed by atoms with E-state index >= 15 is 0 Å². The molecule has 1 amide bonds. The number of aryl methyl sites for hydroxylation is 2. The minimum absolute atomic E-state index is 0.0576. The Kier molecular flexibility index (Phi) is 5.54. The summed E-state index contributed by atoms with van der Waals surface area (Å²) in [5, 5.41) is 6.45. The highest BCUT2D eigenvalue weighted by molar-refractivity contribution is 7.93. The van der Waals surface area contributed by atoms with E-state index in [0.29, 0.717) is 51.5 Å². The molecule has 0 bridgehead atoms. The third-order valence-electron chi connectivity index (χ3n) is 5.07. The topological polar surface area (TPSA) is 127 Å². The molecule has 32 heavy (non-hydrogen) atoms. The Balaban J connectivity index is 1.86. The van der Waals surface area contributed by atoms with Gasteiger partial charge in [0.15, 0.2) is 0 Å². The highest BCUT2D eigenvalue weighted by Crippen LogP contribution is 2.37. The molecule has 0 aliphatic carbocycles. The first-order valence-electron chi connectivity index (χ1n) is 9.61. The molecule has 2 aromatic carbocycles. The molecule has 0 saturated carbocycles. The van der Waals surface area contributed by atoms with Crippen LogP contribution in [0.3, 0.4) is 0 Å². The molecule has 2 aromatic heterocycles. The molecule has 4 aromatic rings. The van der Waals surface area contributed by atoms with Gasteiger partial charge < -0.3 is 14.3 Å². The maximum Gasteiger partial charge on any atom is 0.265 e. The molecule has 0 aliphatic rings. The third kappa shape index (κ3) is 3.87. The van der Waals surface area contributed by atoms with E-state index in [-0.39, 0.29) is 10.8 Å². The molecule has 2 N–H and O–H groups in total. The lowest BCUT2D eigenvalue weighted by Gasteiger charge is -2.17. The average Bonchev–Trinajstić information content (AvgIpc) is 3.40. The average molecular weight is 452 g/mol. The molecule has 0 aliphatic heterocycles. The van der Waals surface area contributed by atoms with Crippen molar-refractivity contribution in [1.82, 2.24) is 10.1 Å².